The number of thiophene rings is 1. The summed E-state index contributed by atoms with van der Waals surface area (Å²) in [5, 5.41) is 3.93. The van der Waals surface area contributed by atoms with Gasteiger partial charge in [-0.05, 0) is 12.1 Å². The maximum Gasteiger partial charge on any atom is 0.471 e. The van der Waals surface area contributed by atoms with Gasteiger partial charge in [-0.1, -0.05) is 46.4 Å². The Morgan fingerprint density at radius 1 is 1.30 bits per heavy atom. The summed E-state index contributed by atoms with van der Waals surface area (Å²) in [6, 6.07) is 3.45. The smallest absolute Gasteiger partial charge is 0.329 e. The second-order valence-corrected chi connectivity index (χ2v) is 5.02. The third kappa shape index (κ3) is 4.61. The number of allylic oxidation sites excluding steroid dienone is 2. The average Bonchev–Trinajstić information content (AvgIpc) is 3.06. The van der Waals surface area contributed by atoms with Gasteiger partial charge in [0.05, 0.1) is 4.88 Å². The normalized spacial score (nSPS) is 10.6. The van der Waals surface area contributed by atoms with E-state index >= 15 is 0 Å². The quantitative estimate of drug-likeness (QED) is 0.562. The van der Waals surface area contributed by atoms with Crippen LogP contribution in [0.2, 0.25) is 0 Å². The van der Waals surface area contributed by atoms with E-state index in [0.717, 1.165) is 4.88 Å². The fraction of sp³-hybridized carbons (Fsp3) is 0.167. The highest BCUT2D eigenvalue weighted by atomic mass is 79.9. The van der Waals surface area contributed by atoms with Crippen molar-refractivity contribution >= 4 is 27.3 Å². The van der Waals surface area contributed by atoms with Gasteiger partial charge in [0.1, 0.15) is 0 Å². The highest BCUT2D eigenvalue weighted by Crippen LogP contribution is 2.32. The van der Waals surface area contributed by atoms with Crippen LogP contribution < -0.4 is 0 Å². The van der Waals surface area contributed by atoms with E-state index < -0.39 is 12.1 Å². The lowest BCUT2D eigenvalue weighted by molar-refractivity contribution is -0.159. The molecular formula is C12H10BrF3N2OS. The van der Waals surface area contributed by atoms with Gasteiger partial charge in [-0.15, -0.1) is 11.3 Å². The van der Waals surface area contributed by atoms with E-state index in [0.29, 0.717) is 10.2 Å². The molecule has 20 heavy (non-hydrogen) atoms. The van der Waals surface area contributed by atoms with Crippen LogP contribution in [0.15, 0.2) is 42.0 Å². The van der Waals surface area contributed by atoms with Gasteiger partial charge in [-0.3, -0.25) is 0 Å². The van der Waals surface area contributed by atoms with E-state index in [2.05, 4.69) is 43.8 Å². The summed E-state index contributed by atoms with van der Waals surface area (Å²) >= 11 is 4.56. The van der Waals surface area contributed by atoms with Crippen molar-refractivity contribution in [1.29, 1.82) is 0 Å². The van der Waals surface area contributed by atoms with Gasteiger partial charge in [0, 0.05) is 10.2 Å². The summed E-state index contributed by atoms with van der Waals surface area (Å²) in [6.45, 7) is 6.72. The second kappa shape index (κ2) is 7.39. The van der Waals surface area contributed by atoms with Gasteiger partial charge < -0.3 is 4.52 Å². The van der Waals surface area contributed by atoms with Gasteiger partial charge in [0.25, 0.3) is 0 Å². The highest BCUT2D eigenvalue weighted by molar-refractivity contribution is 9.08. The summed E-state index contributed by atoms with van der Waals surface area (Å²) in [6.07, 6.45) is -1.32. The third-order valence-electron chi connectivity index (χ3n) is 1.85. The van der Waals surface area contributed by atoms with Crippen molar-refractivity contribution in [2.75, 3.05) is 0 Å². The maximum atomic E-state index is 12.2. The molecule has 0 aliphatic heterocycles. The van der Waals surface area contributed by atoms with Gasteiger partial charge in [-0.25, -0.2) is 0 Å². The van der Waals surface area contributed by atoms with E-state index in [9.17, 15) is 13.2 Å². The molecule has 0 amide bonds. The Hall–Kier alpha value is -1.41. The standard InChI is InChI=1S/C8H4BrF3N2OS.C4H6/c9-3-4-1-2-5(16-4)6-13-7(15-14-6)8(10,11)12;1-3-4-2/h1-2H,3H2;3-4H,1-2H2. The molecule has 0 N–H and O–H groups in total. The molecule has 2 rings (SSSR count). The predicted octanol–water partition coefficient (Wildman–Crippen LogP) is 5.07. The first-order chi connectivity index (χ1) is 9.42. The molecule has 0 spiro atoms. The van der Waals surface area contributed by atoms with Gasteiger partial charge in [0.15, 0.2) is 0 Å². The number of aromatic nitrogens is 2. The molecule has 0 radical (unpaired) electrons. The molecule has 8 heteroatoms. The first-order valence-corrected chi connectivity index (χ1v) is 7.15. The molecule has 0 saturated heterocycles. The van der Waals surface area contributed by atoms with Crippen molar-refractivity contribution in [3.63, 3.8) is 0 Å². The first-order valence-electron chi connectivity index (χ1n) is 5.21. The second-order valence-electron chi connectivity index (χ2n) is 3.29. The number of halogens is 4. The monoisotopic (exact) mass is 366 g/mol. The van der Waals surface area contributed by atoms with Crippen molar-refractivity contribution in [3.8, 4) is 10.7 Å². The van der Waals surface area contributed by atoms with Crippen LogP contribution in [0.1, 0.15) is 10.8 Å². The van der Waals surface area contributed by atoms with Crippen LogP contribution >= 0.6 is 27.3 Å². The lowest BCUT2D eigenvalue weighted by atomic mass is 10.4. The fourth-order valence-electron chi connectivity index (χ4n) is 1.01. The third-order valence-corrected chi connectivity index (χ3v) is 3.91. The minimum absolute atomic E-state index is 0.0375. The van der Waals surface area contributed by atoms with Crippen molar-refractivity contribution in [2.45, 2.75) is 11.5 Å². The lowest BCUT2D eigenvalue weighted by Gasteiger charge is -1.95. The van der Waals surface area contributed by atoms with Crippen LogP contribution in [0, 0.1) is 0 Å². The summed E-state index contributed by atoms with van der Waals surface area (Å²) in [7, 11) is 0. The molecule has 0 fully saturated rings. The number of nitrogens with zero attached hydrogens (tertiary/aromatic N) is 2. The SMILES string of the molecule is C=CC=C.FC(F)(F)c1nc(-c2ccc(CBr)s2)no1. The van der Waals surface area contributed by atoms with Crippen LogP contribution in [0.3, 0.4) is 0 Å². The zero-order chi connectivity index (χ0) is 15.2. The zero-order valence-electron chi connectivity index (χ0n) is 10.2. The Bertz CT molecular complexity index is 571. The molecule has 2 aromatic rings. The largest absolute Gasteiger partial charge is 0.471 e. The Kier molecular flexibility index (Phi) is 6.15. The highest BCUT2D eigenvalue weighted by Gasteiger charge is 2.38. The molecule has 0 aliphatic carbocycles. The molecule has 0 atom stereocenters. The molecule has 2 heterocycles. The zero-order valence-corrected chi connectivity index (χ0v) is 12.6. The number of alkyl halides is 4. The van der Waals surface area contributed by atoms with Crippen molar-refractivity contribution in [1.82, 2.24) is 10.1 Å². The Morgan fingerprint density at radius 3 is 2.35 bits per heavy atom. The Morgan fingerprint density at radius 2 is 1.95 bits per heavy atom. The summed E-state index contributed by atoms with van der Waals surface area (Å²) in [5.74, 6) is -1.36. The van der Waals surface area contributed by atoms with Crippen LogP contribution in [0.5, 0.6) is 0 Å². The molecule has 0 bridgehead atoms. The number of hydrogen-bond donors (Lipinski definition) is 0. The summed E-state index contributed by atoms with van der Waals surface area (Å²) in [5.41, 5.74) is 0. The summed E-state index contributed by atoms with van der Waals surface area (Å²) < 4.78 is 40.7. The predicted molar refractivity (Wildman–Crippen MR) is 75.6 cm³/mol. The Balaban J connectivity index is 0.000000444. The molecule has 2 aromatic heterocycles. The van der Waals surface area contributed by atoms with Gasteiger partial charge in [0.2, 0.25) is 5.82 Å². The summed E-state index contributed by atoms with van der Waals surface area (Å²) in [4.78, 5) is 4.82. The molecular weight excluding hydrogens is 357 g/mol. The van der Waals surface area contributed by atoms with Gasteiger partial charge in [-0.2, -0.15) is 18.2 Å². The van der Waals surface area contributed by atoms with E-state index in [4.69, 9.17) is 0 Å². The van der Waals surface area contributed by atoms with E-state index in [-0.39, 0.29) is 5.82 Å². The van der Waals surface area contributed by atoms with Crippen LogP contribution in [0.25, 0.3) is 10.7 Å². The molecule has 3 nitrogen and oxygen atoms in total. The minimum Gasteiger partial charge on any atom is -0.329 e. The maximum absolute atomic E-state index is 12.2. The molecule has 0 unspecified atom stereocenters. The van der Waals surface area contributed by atoms with Gasteiger partial charge >= 0.3 is 12.1 Å². The Labute approximate surface area is 125 Å². The van der Waals surface area contributed by atoms with Crippen LogP contribution in [-0.2, 0) is 11.5 Å². The van der Waals surface area contributed by atoms with Crippen LogP contribution in [0.4, 0.5) is 13.2 Å². The van der Waals surface area contributed by atoms with E-state index in [1.54, 1.807) is 24.3 Å². The number of rotatable bonds is 3. The lowest BCUT2D eigenvalue weighted by Crippen LogP contribution is -2.04. The van der Waals surface area contributed by atoms with E-state index in [1.165, 1.54) is 11.3 Å². The molecule has 0 aliphatic rings. The minimum atomic E-state index is -4.60. The molecule has 0 saturated carbocycles. The van der Waals surface area contributed by atoms with Crippen molar-refractivity contribution < 1.29 is 17.7 Å². The fourth-order valence-corrected chi connectivity index (χ4v) is 2.32. The van der Waals surface area contributed by atoms with Crippen LogP contribution in [-0.4, -0.2) is 10.1 Å². The molecule has 0 aromatic carbocycles. The average molecular weight is 367 g/mol. The first kappa shape index (κ1) is 16.6. The van der Waals surface area contributed by atoms with Crippen molar-refractivity contribution in [2.24, 2.45) is 0 Å². The van der Waals surface area contributed by atoms with E-state index in [1.807, 2.05) is 0 Å². The molecule has 108 valence electrons. The number of hydrogen-bond acceptors (Lipinski definition) is 4. The van der Waals surface area contributed by atoms with Crippen molar-refractivity contribution in [3.05, 3.63) is 48.2 Å². The topological polar surface area (TPSA) is 38.9 Å².